The highest BCUT2D eigenvalue weighted by atomic mass is 35.5. The van der Waals surface area contributed by atoms with Crippen molar-refractivity contribution in [3.8, 4) is 0 Å². The number of amides is 1. The van der Waals surface area contributed by atoms with E-state index in [1.165, 1.54) is 12.1 Å². The third-order valence-electron chi connectivity index (χ3n) is 2.50. The molecule has 1 N–H and O–H groups in total. The summed E-state index contributed by atoms with van der Waals surface area (Å²) in [5, 5.41) is 2.47. The molecular formula is C15H19ClFNO3. The Kier molecular flexibility index (Phi) is 5.72. The lowest BCUT2D eigenvalue weighted by atomic mass is 10.0. The molecular weight excluding hydrogens is 297 g/mol. The molecule has 0 aliphatic carbocycles. The van der Waals surface area contributed by atoms with Gasteiger partial charge in [-0.25, -0.2) is 9.18 Å². The molecule has 0 spiro atoms. The number of ether oxygens (including phenoxy) is 1. The molecule has 0 aliphatic heterocycles. The SMILES string of the molecule is CC(CC(=O)c1ccc(F)c(Cl)c1)NC(=O)OC(C)(C)C. The van der Waals surface area contributed by atoms with Crippen LogP contribution in [0.3, 0.4) is 0 Å². The molecule has 0 aromatic heterocycles. The summed E-state index contributed by atoms with van der Waals surface area (Å²) >= 11 is 5.63. The predicted octanol–water partition coefficient (Wildman–Crippen LogP) is 3.97. The summed E-state index contributed by atoms with van der Waals surface area (Å²) in [6.45, 7) is 6.95. The summed E-state index contributed by atoms with van der Waals surface area (Å²) in [4.78, 5) is 23.6. The van der Waals surface area contributed by atoms with Gasteiger partial charge in [0.05, 0.1) is 5.02 Å². The number of rotatable bonds is 4. The van der Waals surface area contributed by atoms with Gasteiger partial charge in [0.25, 0.3) is 0 Å². The molecule has 0 saturated heterocycles. The molecule has 1 rings (SSSR count). The van der Waals surface area contributed by atoms with Gasteiger partial charge in [-0.1, -0.05) is 11.6 Å². The molecule has 4 nitrogen and oxygen atoms in total. The summed E-state index contributed by atoms with van der Waals surface area (Å²) in [5.74, 6) is -0.811. The number of nitrogens with one attached hydrogen (secondary N) is 1. The normalized spacial score (nSPS) is 12.7. The lowest BCUT2D eigenvalue weighted by molar-refractivity contribution is 0.0506. The maximum atomic E-state index is 13.0. The first-order valence-electron chi connectivity index (χ1n) is 6.56. The lowest BCUT2D eigenvalue weighted by Gasteiger charge is -2.21. The molecule has 0 fully saturated rings. The van der Waals surface area contributed by atoms with E-state index < -0.39 is 23.6 Å². The summed E-state index contributed by atoms with van der Waals surface area (Å²) in [7, 11) is 0. The van der Waals surface area contributed by atoms with E-state index in [-0.39, 0.29) is 17.2 Å². The number of carbonyl (C=O) groups is 2. The van der Waals surface area contributed by atoms with Crippen molar-refractivity contribution in [2.75, 3.05) is 0 Å². The van der Waals surface area contributed by atoms with Crippen LogP contribution in [0.1, 0.15) is 44.5 Å². The van der Waals surface area contributed by atoms with Gasteiger partial charge < -0.3 is 10.1 Å². The van der Waals surface area contributed by atoms with Crippen molar-refractivity contribution < 1.29 is 18.7 Å². The first kappa shape index (κ1) is 17.4. The van der Waals surface area contributed by atoms with Crippen LogP contribution in [0.25, 0.3) is 0 Å². The summed E-state index contributed by atoms with van der Waals surface area (Å²) in [6, 6.07) is 3.38. The minimum absolute atomic E-state index is 0.0706. The largest absolute Gasteiger partial charge is 0.444 e. The van der Waals surface area contributed by atoms with Crippen LogP contribution in [0, 0.1) is 5.82 Å². The zero-order valence-electron chi connectivity index (χ0n) is 12.5. The molecule has 1 unspecified atom stereocenters. The standard InChI is InChI=1S/C15H19ClFNO3/c1-9(18-14(20)21-15(2,3)4)7-13(19)10-5-6-12(17)11(16)8-10/h5-6,8-9H,7H2,1-4H3,(H,18,20). The molecule has 0 radical (unpaired) electrons. The number of hydrogen-bond acceptors (Lipinski definition) is 3. The Balaban J connectivity index is 2.58. The smallest absolute Gasteiger partial charge is 0.407 e. The predicted molar refractivity (Wildman–Crippen MR) is 79.2 cm³/mol. The summed E-state index contributed by atoms with van der Waals surface area (Å²) in [6.07, 6.45) is -0.513. The first-order chi connectivity index (χ1) is 9.58. The lowest BCUT2D eigenvalue weighted by Crippen LogP contribution is -2.38. The Morgan fingerprint density at radius 1 is 1.38 bits per heavy atom. The molecule has 0 saturated carbocycles. The minimum Gasteiger partial charge on any atom is -0.444 e. The molecule has 1 amide bonds. The third kappa shape index (κ3) is 6.12. The van der Waals surface area contributed by atoms with Gasteiger partial charge >= 0.3 is 6.09 Å². The first-order valence-corrected chi connectivity index (χ1v) is 6.94. The summed E-state index contributed by atoms with van der Waals surface area (Å²) in [5.41, 5.74) is -0.294. The Labute approximate surface area is 128 Å². The van der Waals surface area contributed by atoms with E-state index in [1.807, 2.05) is 0 Å². The van der Waals surface area contributed by atoms with E-state index in [2.05, 4.69) is 5.32 Å². The molecule has 0 aliphatic rings. The third-order valence-corrected chi connectivity index (χ3v) is 2.79. The highest BCUT2D eigenvalue weighted by molar-refractivity contribution is 6.31. The van der Waals surface area contributed by atoms with Gasteiger partial charge in [-0.05, 0) is 45.9 Å². The molecule has 0 bridgehead atoms. The average molecular weight is 316 g/mol. The average Bonchev–Trinajstić information content (AvgIpc) is 2.29. The van der Waals surface area contributed by atoms with Crippen LogP contribution in [0.2, 0.25) is 5.02 Å². The van der Waals surface area contributed by atoms with Crippen molar-refractivity contribution in [1.82, 2.24) is 5.32 Å². The second kappa shape index (κ2) is 6.89. The second-order valence-corrected chi connectivity index (χ2v) is 6.21. The van der Waals surface area contributed by atoms with E-state index in [9.17, 15) is 14.0 Å². The molecule has 21 heavy (non-hydrogen) atoms. The zero-order chi connectivity index (χ0) is 16.2. The number of alkyl carbamates (subject to hydrolysis) is 1. The van der Waals surface area contributed by atoms with Crippen LogP contribution in [-0.4, -0.2) is 23.5 Å². The summed E-state index contributed by atoms with van der Waals surface area (Å²) < 4.78 is 18.1. The Morgan fingerprint density at radius 3 is 2.52 bits per heavy atom. The maximum Gasteiger partial charge on any atom is 0.407 e. The minimum atomic E-state index is -0.599. The van der Waals surface area contributed by atoms with Gasteiger partial charge in [0.1, 0.15) is 11.4 Å². The van der Waals surface area contributed by atoms with E-state index in [1.54, 1.807) is 27.7 Å². The highest BCUT2D eigenvalue weighted by Gasteiger charge is 2.19. The number of carbonyl (C=O) groups excluding carboxylic acids is 2. The van der Waals surface area contributed by atoms with Crippen LogP contribution in [-0.2, 0) is 4.74 Å². The van der Waals surface area contributed by atoms with Gasteiger partial charge in [-0.15, -0.1) is 0 Å². The topological polar surface area (TPSA) is 55.4 Å². The number of benzene rings is 1. The van der Waals surface area contributed by atoms with Crippen LogP contribution in [0.5, 0.6) is 0 Å². The van der Waals surface area contributed by atoms with Crippen molar-refractivity contribution >= 4 is 23.5 Å². The highest BCUT2D eigenvalue weighted by Crippen LogP contribution is 2.17. The number of halogens is 2. The number of ketones is 1. The van der Waals surface area contributed by atoms with Gasteiger partial charge in [-0.2, -0.15) is 0 Å². The van der Waals surface area contributed by atoms with E-state index in [0.29, 0.717) is 5.56 Å². The molecule has 1 aromatic carbocycles. The van der Waals surface area contributed by atoms with Gasteiger partial charge in [0.2, 0.25) is 0 Å². The van der Waals surface area contributed by atoms with Crippen molar-refractivity contribution in [2.24, 2.45) is 0 Å². The van der Waals surface area contributed by atoms with Gasteiger partial charge in [0.15, 0.2) is 5.78 Å². The zero-order valence-corrected chi connectivity index (χ0v) is 13.3. The van der Waals surface area contributed by atoms with E-state index >= 15 is 0 Å². The van der Waals surface area contributed by atoms with Crippen LogP contribution in [0.15, 0.2) is 18.2 Å². The number of hydrogen-bond donors (Lipinski definition) is 1. The monoisotopic (exact) mass is 315 g/mol. The molecule has 6 heteroatoms. The fourth-order valence-electron chi connectivity index (χ4n) is 1.63. The van der Waals surface area contributed by atoms with Crippen LogP contribution in [0.4, 0.5) is 9.18 Å². The molecule has 116 valence electrons. The molecule has 1 aromatic rings. The number of Topliss-reactive ketones (excluding diaryl/α,β-unsaturated/α-hetero) is 1. The van der Waals surface area contributed by atoms with Crippen LogP contribution < -0.4 is 5.32 Å². The molecule has 0 heterocycles. The Hall–Kier alpha value is -1.62. The van der Waals surface area contributed by atoms with Crippen LogP contribution >= 0.6 is 11.6 Å². The van der Waals surface area contributed by atoms with E-state index in [0.717, 1.165) is 6.07 Å². The molecule has 1 atom stereocenters. The Bertz CT molecular complexity index is 540. The van der Waals surface area contributed by atoms with Crippen molar-refractivity contribution in [3.63, 3.8) is 0 Å². The van der Waals surface area contributed by atoms with E-state index in [4.69, 9.17) is 16.3 Å². The second-order valence-electron chi connectivity index (χ2n) is 5.80. The van der Waals surface area contributed by atoms with Crippen molar-refractivity contribution in [3.05, 3.63) is 34.6 Å². The quantitative estimate of drug-likeness (QED) is 0.855. The Morgan fingerprint density at radius 2 is 2.00 bits per heavy atom. The van der Waals surface area contributed by atoms with Gasteiger partial charge in [-0.3, -0.25) is 4.79 Å². The van der Waals surface area contributed by atoms with Crippen molar-refractivity contribution in [2.45, 2.75) is 45.8 Å². The fourth-order valence-corrected chi connectivity index (χ4v) is 1.81. The maximum absolute atomic E-state index is 13.0. The van der Waals surface area contributed by atoms with Crippen molar-refractivity contribution in [1.29, 1.82) is 0 Å². The van der Waals surface area contributed by atoms with Gasteiger partial charge in [0, 0.05) is 18.0 Å². The fraction of sp³-hybridized carbons (Fsp3) is 0.467.